The Morgan fingerprint density at radius 1 is 1.10 bits per heavy atom. The summed E-state index contributed by atoms with van der Waals surface area (Å²) in [4.78, 5) is 23.0. The molecule has 1 unspecified atom stereocenters. The summed E-state index contributed by atoms with van der Waals surface area (Å²) in [5.74, 6) is -0.284. The van der Waals surface area contributed by atoms with E-state index in [0.717, 1.165) is 12.8 Å². The number of carboxylic acids is 1. The second kappa shape index (κ2) is 9.77. The first-order chi connectivity index (χ1) is 9.74. The van der Waals surface area contributed by atoms with Crippen LogP contribution >= 0.6 is 0 Å². The molecule has 0 radical (unpaired) electrons. The van der Waals surface area contributed by atoms with Gasteiger partial charge in [-0.1, -0.05) is 47.5 Å². The van der Waals surface area contributed by atoms with Crippen LogP contribution in [0.3, 0.4) is 0 Å². The summed E-state index contributed by atoms with van der Waals surface area (Å²) >= 11 is 0. The molecule has 0 aliphatic heterocycles. The molecule has 0 aromatic rings. The third-order valence-electron chi connectivity index (χ3n) is 4.82. The van der Waals surface area contributed by atoms with Crippen LogP contribution in [0.1, 0.15) is 53.9 Å². The fraction of sp³-hybridized carbons (Fsp3) is 0.875. The minimum Gasteiger partial charge on any atom is -0.481 e. The smallest absolute Gasteiger partial charge is 0.303 e. The van der Waals surface area contributed by atoms with E-state index in [1.807, 2.05) is 13.8 Å². The number of nitrogens with one attached hydrogen (secondary N) is 1. The zero-order valence-electron chi connectivity index (χ0n) is 14.1. The number of hydrogen-bond donors (Lipinski definition) is 3. The lowest BCUT2D eigenvalue weighted by atomic mass is 9.80. The van der Waals surface area contributed by atoms with Gasteiger partial charge in [-0.3, -0.25) is 9.59 Å². The van der Waals surface area contributed by atoms with E-state index in [9.17, 15) is 9.59 Å². The number of aliphatic carboxylic acids is 1. The molecule has 4 N–H and O–H groups in total. The highest BCUT2D eigenvalue weighted by molar-refractivity contribution is 5.81. The Kier molecular flexibility index (Phi) is 9.26. The van der Waals surface area contributed by atoms with E-state index < -0.39 is 12.0 Å². The van der Waals surface area contributed by atoms with Crippen LogP contribution in [0, 0.1) is 23.7 Å². The Morgan fingerprint density at radius 2 is 1.62 bits per heavy atom. The highest BCUT2D eigenvalue weighted by Crippen LogP contribution is 2.25. The average Bonchev–Trinajstić information content (AvgIpc) is 2.47. The number of carbonyl (C=O) groups excluding carboxylic acids is 1. The molecule has 0 saturated carbocycles. The van der Waals surface area contributed by atoms with E-state index in [4.69, 9.17) is 10.8 Å². The first kappa shape index (κ1) is 19.9. The van der Waals surface area contributed by atoms with E-state index >= 15 is 0 Å². The maximum absolute atomic E-state index is 12.0. The number of amides is 1. The largest absolute Gasteiger partial charge is 0.481 e. The van der Waals surface area contributed by atoms with Crippen molar-refractivity contribution in [1.82, 2.24) is 5.32 Å². The maximum atomic E-state index is 12.0. The molecule has 1 amide bonds. The highest BCUT2D eigenvalue weighted by Gasteiger charge is 2.26. The molecule has 0 aromatic carbocycles. The van der Waals surface area contributed by atoms with E-state index in [2.05, 4.69) is 26.1 Å². The second-order valence-electron chi connectivity index (χ2n) is 6.26. The van der Waals surface area contributed by atoms with Crippen LogP contribution in [0.25, 0.3) is 0 Å². The van der Waals surface area contributed by atoms with Gasteiger partial charge in [0.15, 0.2) is 0 Å². The van der Waals surface area contributed by atoms with Crippen LogP contribution in [0.15, 0.2) is 0 Å². The number of carbonyl (C=O) groups is 2. The molecule has 0 bridgehead atoms. The molecule has 0 aromatic heterocycles. The number of nitrogens with two attached hydrogens (primary N) is 1. The lowest BCUT2D eigenvalue weighted by Crippen LogP contribution is -2.46. The van der Waals surface area contributed by atoms with Gasteiger partial charge in [-0.15, -0.1) is 0 Å². The summed E-state index contributed by atoms with van der Waals surface area (Å²) in [6.07, 6.45) is 1.92. The molecule has 0 heterocycles. The average molecular weight is 300 g/mol. The van der Waals surface area contributed by atoms with Gasteiger partial charge in [0.2, 0.25) is 5.91 Å². The van der Waals surface area contributed by atoms with Crippen molar-refractivity contribution in [2.24, 2.45) is 29.4 Å². The minimum absolute atomic E-state index is 0.0643. The Morgan fingerprint density at radius 3 is 2.05 bits per heavy atom. The Bertz CT molecular complexity index is 333. The van der Waals surface area contributed by atoms with Crippen molar-refractivity contribution in [2.75, 3.05) is 6.54 Å². The normalized spacial score (nSPS) is 18.4. The molecule has 21 heavy (non-hydrogen) atoms. The number of hydrogen-bond acceptors (Lipinski definition) is 3. The fourth-order valence-corrected chi connectivity index (χ4v) is 2.37. The number of rotatable bonds is 10. The monoisotopic (exact) mass is 300 g/mol. The topological polar surface area (TPSA) is 92.4 Å². The zero-order valence-corrected chi connectivity index (χ0v) is 14.1. The molecule has 0 aliphatic rings. The molecule has 5 nitrogen and oxygen atoms in total. The van der Waals surface area contributed by atoms with Crippen LogP contribution in [0.5, 0.6) is 0 Å². The first-order valence-corrected chi connectivity index (χ1v) is 7.99. The molecular formula is C16H32N2O3. The van der Waals surface area contributed by atoms with Crippen LogP contribution in [0.2, 0.25) is 0 Å². The molecule has 0 saturated heterocycles. The van der Waals surface area contributed by atoms with Crippen molar-refractivity contribution in [3.05, 3.63) is 0 Å². The Balaban J connectivity index is 4.61. The van der Waals surface area contributed by atoms with Gasteiger partial charge in [0.1, 0.15) is 0 Å². The molecule has 124 valence electrons. The van der Waals surface area contributed by atoms with Crippen LogP contribution < -0.4 is 11.1 Å². The summed E-state index contributed by atoms with van der Waals surface area (Å²) in [5, 5.41) is 11.9. The van der Waals surface area contributed by atoms with Gasteiger partial charge in [0, 0.05) is 6.54 Å². The SMILES string of the molecule is CCC(C)[C@H](N)C(=O)NC[C@H](CC(=O)O)[C@H](C)[C@H](C)CC. The second-order valence-corrected chi connectivity index (χ2v) is 6.26. The van der Waals surface area contributed by atoms with Crippen LogP contribution in [-0.2, 0) is 9.59 Å². The van der Waals surface area contributed by atoms with Gasteiger partial charge in [0.05, 0.1) is 12.5 Å². The predicted molar refractivity (Wildman–Crippen MR) is 84.8 cm³/mol. The van der Waals surface area contributed by atoms with Gasteiger partial charge in [0.25, 0.3) is 0 Å². The van der Waals surface area contributed by atoms with Crippen molar-refractivity contribution < 1.29 is 14.7 Å². The lowest BCUT2D eigenvalue weighted by Gasteiger charge is -2.28. The third kappa shape index (κ3) is 6.93. The molecule has 0 aliphatic carbocycles. The lowest BCUT2D eigenvalue weighted by molar-refractivity contribution is -0.139. The van der Waals surface area contributed by atoms with Gasteiger partial charge in [-0.25, -0.2) is 0 Å². The predicted octanol–water partition coefficient (Wildman–Crippen LogP) is 2.25. The van der Waals surface area contributed by atoms with Gasteiger partial charge in [-0.2, -0.15) is 0 Å². The molecule has 5 heteroatoms. The standard InChI is InChI=1S/C16H32N2O3/c1-6-10(3)12(5)13(8-14(19)20)9-18-16(21)15(17)11(4)7-2/h10-13,15H,6-9,17H2,1-5H3,(H,18,21)(H,19,20)/t10-,11?,12-,13+,15+/m1/s1. The molecular weight excluding hydrogens is 268 g/mol. The van der Waals surface area contributed by atoms with Crippen molar-refractivity contribution in [2.45, 2.75) is 59.9 Å². The van der Waals surface area contributed by atoms with Gasteiger partial charge in [-0.05, 0) is 23.7 Å². The Labute approximate surface area is 128 Å². The zero-order chi connectivity index (χ0) is 16.6. The molecule has 0 rings (SSSR count). The van der Waals surface area contributed by atoms with E-state index in [-0.39, 0.29) is 30.1 Å². The summed E-state index contributed by atoms with van der Waals surface area (Å²) < 4.78 is 0. The summed E-state index contributed by atoms with van der Waals surface area (Å²) in [7, 11) is 0. The van der Waals surface area contributed by atoms with Gasteiger partial charge < -0.3 is 16.2 Å². The van der Waals surface area contributed by atoms with Crippen molar-refractivity contribution in [3.8, 4) is 0 Å². The highest BCUT2D eigenvalue weighted by atomic mass is 16.4. The summed E-state index contributed by atoms with van der Waals surface area (Å²) in [6.45, 7) is 10.6. The van der Waals surface area contributed by atoms with Crippen LogP contribution in [-0.4, -0.2) is 29.6 Å². The van der Waals surface area contributed by atoms with Gasteiger partial charge >= 0.3 is 5.97 Å². The van der Waals surface area contributed by atoms with E-state index in [0.29, 0.717) is 12.5 Å². The van der Waals surface area contributed by atoms with Crippen molar-refractivity contribution in [3.63, 3.8) is 0 Å². The molecule has 0 fully saturated rings. The third-order valence-corrected chi connectivity index (χ3v) is 4.82. The fourth-order valence-electron chi connectivity index (χ4n) is 2.37. The van der Waals surface area contributed by atoms with Crippen molar-refractivity contribution >= 4 is 11.9 Å². The quantitative estimate of drug-likeness (QED) is 0.577. The Hall–Kier alpha value is -1.10. The minimum atomic E-state index is -0.823. The maximum Gasteiger partial charge on any atom is 0.303 e. The van der Waals surface area contributed by atoms with E-state index in [1.165, 1.54) is 0 Å². The van der Waals surface area contributed by atoms with Crippen LogP contribution in [0.4, 0.5) is 0 Å². The van der Waals surface area contributed by atoms with E-state index in [1.54, 1.807) is 0 Å². The summed E-state index contributed by atoms with van der Waals surface area (Å²) in [6, 6.07) is -0.528. The number of carboxylic acid groups (broad SMARTS) is 1. The molecule has 0 spiro atoms. The summed E-state index contributed by atoms with van der Waals surface area (Å²) in [5.41, 5.74) is 5.89. The van der Waals surface area contributed by atoms with Crippen molar-refractivity contribution in [1.29, 1.82) is 0 Å². The first-order valence-electron chi connectivity index (χ1n) is 7.99. The molecule has 5 atom stereocenters.